The zero-order valence-corrected chi connectivity index (χ0v) is 21.5. The van der Waals surface area contributed by atoms with E-state index in [4.69, 9.17) is 14.9 Å². The number of hydrogen-bond donors (Lipinski definition) is 1. The van der Waals surface area contributed by atoms with Gasteiger partial charge in [-0.3, -0.25) is 9.69 Å². The largest absolute Gasteiger partial charge is 0.490 e. The van der Waals surface area contributed by atoms with E-state index in [0.29, 0.717) is 5.91 Å². The molecule has 1 amide bonds. The smallest absolute Gasteiger partial charge is 0.475 e. The van der Waals surface area contributed by atoms with Crippen LogP contribution in [0.15, 0.2) is 24.4 Å². The van der Waals surface area contributed by atoms with Crippen molar-refractivity contribution >= 4 is 17.5 Å². The first-order valence-corrected chi connectivity index (χ1v) is 13.3. The maximum absolute atomic E-state index is 12.8. The molecule has 1 spiro atoms. The van der Waals surface area contributed by atoms with Gasteiger partial charge in [-0.1, -0.05) is 25.3 Å². The Morgan fingerprint density at radius 3 is 2.51 bits per heavy atom. The van der Waals surface area contributed by atoms with Gasteiger partial charge in [0.25, 0.3) is 0 Å². The van der Waals surface area contributed by atoms with Crippen LogP contribution in [0.1, 0.15) is 75.6 Å². The van der Waals surface area contributed by atoms with Crippen LogP contribution in [-0.4, -0.2) is 67.5 Å². The van der Waals surface area contributed by atoms with Crippen molar-refractivity contribution in [3.63, 3.8) is 0 Å². The Morgan fingerprint density at radius 1 is 1.11 bits per heavy atom. The van der Waals surface area contributed by atoms with Crippen LogP contribution in [0, 0.1) is 12.8 Å². The topological polar surface area (TPSA) is 78.2 Å². The molecule has 1 aliphatic carbocycles. The average molecular weight is 523 g/mol. The first-order chi connectivity index (χ1) is 17.6. The third-order valence-electron chi connectivity index (χ3n) is 8.34. The Labute approximate surface area is 215 Å². The van der Waals surface area contributed by atoms with Crippen molar-refractivity contribution in [2.24, 2.45) is 5.92 Å². The van der Waals surface area contributed by atoms with Gasteiger partial charge in [-0.05, 0) is 70.0 Å². The maximum Gasteiger partial charge on any atom is 0.490 e. The summed E-state index contributed by atoms with van der Waals surface area (Å²) in [5.41, 5.74) is 3.60. The number of pyridine rings is 1. The molecule has 7 nitrogen and oxygen atoms in total. The number of likely N-dealkylation sites (tertiary alicyclic amines) is 2. The molecule has 0 bridgehead atoms. The monoisotopic (exact) mass is 522 g/mol. The van der Waals surface area contributed by atoms with E-state index in [1.54, 1.807) is 0 Å². The highest BCUT2D eigenvalue weighted by atomic mass is 19.4. The number of amides is 1. The van der Waals surface area contributed by atoms with Crippen molar-refractivity contribution in [3.8, 4) is 0 Å². The van der Waals surface area contributed by atoms with E-state index < -0.39 is 12.1 Å². The Kier molecular flexibility index (Phi) is 8.46. The van der Waals surface area contributed by atoms with Crippen molar-refractivity contribution in [3.05, 3.63) is 35.8 Å². The number of aliphatic carboxylic acids is 1. The molecule has 3 aliphatic rings. The van der Waals surface area contributed by atoms with Crippen LogP contribution in [-0.2, 0) is 16.1 Å². The summed E-state index contributed by atoms with van der Waals surface area (Å²) >= 11 is 0. The van der Waals surface area contributed by atoms with Crippen molar-refractivity contribution in [2.45, 2.75) is 89.4 Å². The molecule has 4 heterocycles. The minimum absolute atomic E-state index is 0.122. The second-order valence-electron chi connectivity index (χ2n) is 10.7. The summed E-state index contributed by atoms with van der Waals surface area (Å²) in [6, 6.07) is 6.21. The van der Waals surface area contributed by atoms with Gasteiger partial charge in [0, 0.05) is 43.5 Å². The first-order valence-electron chi connectivity index (χ1n) is 13.3. The molecule has 2 saturated heterocycles. The van der Waals surface area contributed by atoms with Crippen LogP contribution in [0.3, 0.4) is 0 Å². The summed E-state index contributed by atoms with van der Waals surface area (Å²) in [4.78, 5) is 31.6. The fourth-order valence-electron chi connectivity index (χ4n) is 6.24. The van der Waals surface area contributed by atoms with Crippen molar-refractivity contribution < 1.29 is 27.9 Å². The quantitative estimate of drug-likeness (QED) is 0.597. The fraction of sp³-hybridized carbons (Fsp3) is 0.667. The normalized spacial score (nSPS) is 23.8. The lowest BCUT2D eigenvalue weighted by molar-refractivity contribution is -0.192. The second kappa shape index (κ2) is 11.4. The second-order valence-corrected chi connectivity index (χ2v) is 10.7. The number of fused-ring (bicyclic) bond motifs is 1. The number of carbonyl (C=O) groups is 2. The van der Waals surface area contributed by atoms with Crippen LogP contribution >= 0.6 is 0 Å². The molecule has 2 aromatic rings. The molecule has 204 valence electrons. The number of aryl methyl sites for hydroxylation is 1. The molecule has 2 aliphatic heterocycles. The number of imidazole rings is 1. The zero-order chi connectivity index (χ0) is 26.6. The van der Waals surface area contributed by atoms with Crippen LogP contribution in [0.4, 0.5) is 13.2 Å². The molecule has 0 aromatic carbocycles. The Balaban J connectivity index is 0.000000405. The van der Waals surface area contributed by atoms with Gasteiger partial charge in [-0.15, -0.1) is 0 Å². The summed E-state index contributed by atoms with van der Waals surface area (Å²) in [7, 11) is 0. The number of hydrogen-bond acceptors (Lipinski definition) is 4. The first kappa shape index (κ1) is 27.4. The number of aromatic nitrogens is 2. The van der Waals surface area contributed by atoms with E-state index in [1.807, 2.05) is 0 Å². The van der Waals surface area contributed by atoms with Gasteiger partial charge in [0.2, 0.25) is 5.91 Å². The average Bonchev–Trinajstić information content (AvgIpc) is 3.24. The Bertz CT molecular complexity index is 1100. The maximum atomic E-state index is 12.8. The minimum atomic E-state index is -5.08. The molecular formula is C27H37F3N4O3. The molecule has 1 unspecified atom stereocenters. The van der Waals surface area contributed by atoms with E-state index in [9.17, 15) is 18.0 Å². The standard InChI is InChI=1S/C25H36N4O.C2HF3O2/c1-20-22(26-23-10-5-6-16-28(20)23)19-27-15-7-12-25(14-17-27)13-11-24(30)29(25)18-21-8-3-2-4-9-21;3-2(4,5)1(6)7/h5-6,10,16,21H,2-4,7-9,11-15,17-19H2,1H3;(H,6,7). The number of carboxylic acids is 1. The van der Waals surface area contributed by atoms with Crippen LogP contribution in [0.2, 0.25) is 0 Å². The van der Waals surface area contributed by atoms with Gasteiger partial charge < -0.3 is 14.4 Å². The lowest BCUT2D eigenvalue weighted by Gasteiger charge is -2.41. The number of carbonyl (C=O) groups excluding carboxylic acids is 1. The van der Waals surface area contributed by atoms with E-state index >= 15 is 0 Å². The zero-order valence-electron chi connectivity index (χ0n) is 21.5. The van der Waals surface area contributed by atoms with Gasteiger partial charge in [-0.2, -0.15) is 13.2 Å². The summed E-state index contributed by atoms with van der Waals surface area (Å²) in [6.07, 6.45) is 9.05. The van der Waals surface area contributed by atoms with Crippen molar-refractivity contribution in [1.82, 2.24) is 19.2 Å². The van der Waals surface area contributed by atoms with Gasteiger partial charge in [0.05, 0.1) is 5.69 Å². The van der Waals surface area contributed by atoms with E-state index in [0.717, 1.165) is 57.0 Å². The summed E-state index contributed by atoms with van der Waals surface area (Å²) < 4.78 is 33.9. The number of nitrogens with zero attached hydrogens (tertiary/aromatic N) is 4. The number of halogens is 3. The summed E-state index contributed by atoms with van der Waals surface area (Å²) in [5.74, 6) is -1.60. The van der Waals surface area contributed by atoms with Gasteiger partial charge in [-0.25, -0.2) is 9.78 Å². The van der Waals surface area contributed by atoms with Gasteiger partial charge >= 0.3 is 12.1 Å². The highest BCUT2D eigenvalue weighted by Gasteiger charge is 2.46. The van der Waals surface area contributed by atoms with Gasteiger partial charge in [0.1, 0.15) is 5.65 Å². The SMILES string of the molecule is Cc1c(CN2CCCC3(CCC(=O)N3CC3CCCCC3)CC2)nc2ccccn12.O=C(O)C(F)(F)F. The summed E-state index contributed by atoms with van der Waals surface area (Å²) in [5, 5.41) is 7.12. The summed E-state index contributed by atoms with van der Waals surface area (Å²) in [6.45, 7) is 6.29. The van der Waals surface area contributed by atoms with Crippen molar-refractivity contribution in [2.75, 3.05) is 19.6 Å². The molecule has 1 atom stereocenters. The van der Waals surface area contributed by atoms with E-state index in [2.05, 4.69) is 45.5 Å². The van der Waals surface area contributed by atoms with Gasteiger partial charge in [0.15, 0.2) is 0 Å². The lowest BCUT2D eigenvalue weighted by atomic mass is 9.84. The molecule has 10 heteroatoms. The fourth-order valence-corrected chi connectivity index (χ4v) is 6.24. The molecule has 1 saturated carbocycles. The lowest BCUT2D eigenvalue weighted by Crippen LogP contribution is -2.48. The minimum Gasteiger partial charge on any atom is -0.475 e. The van der Waals surface area contributed by atoms with E-state index in [-0.39, 0.29) is 5.54 Å². The number of carboxylic acid groups (broad SMARTS) is 1. The third kappa shape index (κ3) is 6.45. The Hall–Kier alpha value is -2.62. The van der Waals surface area contributed by atoms with Crippen molar-refractivity contribution in [1.29, 1.82) is 0 Å². The molecule has 37 heavy (non-hydrogen) atoms. The van der Waals surface area contributed by atoms with Crippen LogP contribution in [0.25, 0.3) is 5.65 Å². The highest BCUT2D eigenvalue weighted by molar-refractivity contribution is 5.79. The molecule has 5 rings (SSSR count). The van der Waals surface area contributed by atoms with Crippen LogP contribution < -0.4 is 0 Å². The Morgan fingerprint density at radius 2 is 1.84 bits per heavy atom. The molecule has 3 fully saturated rings. The third-order valence-corrected chi connectivity index (χ3v) is 8.34. The molecule has 0 radical (unpaired) electrons. The predicted octanol–water partition coefficient (Wildman–Crippen LogP) is 5.20. The van der Waals surface area contributed by atoms with E-state index in [1.165, 1.54) is 56.3 Å². The van der Waals surface area contributed by atoms with Crippen LogP contribution in [0.5, 0.6) is 0 Å². The molecule has 1 N–H and O–H groups in total. The number of rotatable bonds is 4. The molecule has 2 aromatic heterocycles. The molecular weight excluding hydrogens is 485 g/mol. The highest BCUT2D eigenvalue weighted by Crippen LogP contribution is 2.41. The predicted molar refractivity (Wildman–Crippen MR) is 133 cm³/mol. The number of alkyl halides is 3.